The van der Waals surface area contributed by atoms with Crippen molar-refractivity contribution in [3.63, 3.8) is 0 Å². The molecule has 1 aliphatic heterocycles. The Hall–Kier alpha value is -0.160. The predicted molar refractivity (Wildman–Crippen MR) is 32.9 cm³/mol. The zero-order chi connectivity index (χ0) is 7.72. The maximum atomic E-state index is 9.06. The van der Waals surface area contributed by atoms with Crippen molar-refractivity contribution in [3.05, 3.63) is 6.61 Å². The number of hydrogen-bond acceptors (Lipinski definition) is 4. The van der Waals surface area contributed by atoms with Crippen LogP contribution in [0.3, 0.4) is 0 Å². The molecule has 0 saturated carbocycles. The normalized spacial score (nSPS) is 43.8. The lowest BCUT2D eigenvalue weighted by molar-refractivity contribution is -0.0383. The summed E-state index contributed by atoms with van der Waals surface area (Å²) in [7, 11) is 0. The van der Waals surface area contributed by atoms with Gasteiger partial charge >= 0.3 is 0 Å². The van der Waals surface area contributed by atoms with Crippen molar-refractivity contribution in [1.29, 1.82) is 0 Å². The third-order valence-corrected chi connectivity index (χ3v) is 1.54. The quantitative estimate of drug-likeness (QED) is 0.429. The van der Waals surface area contributed by atoms with E-state index >= 15 is 0 Å². The van der Waals surface area contributed by atoms with E-state index in [2.05, 4.69) is 0 Å². The van der Waals surface area contributed by atoms with Crippen molar-refractivity contribution >= 4 is 0 Å². The minimum absolute atomic E-state index is 0.685. The van der Waals surface area contributed by atoms with Crippen molar-refractivity contribution in [1.82, 2.24) is 0 Å². The topological polar surface area (TPSA) is 69.9 Å². The molecule has 1 saturated heterocycles. The highest BCUT2D eigenvalue weighted by Crippen LogP contribution is 2.19. The Kier molecular flexibility index (Phi) is 2.25. The molecule has 3 N–H and O–H groups in total. The molecule has 1 heterocycles. The summed E-state index contributed by atoms with van der Waals surface area (Å²) in [6.07, 6.45) is -3.42. The molecule has 0 aliphatic carbocycles. The van der Waals surface area contributed by atoms with E-state index in [1.54, 1.807) is 0 Å². The summed E-state index contributed by atoms with van der Waals surface area (Å²) in [6, 6.07) is 0. The molecule has 0 spiro atoms. The number of aliphatic hydroxyl groups is 3. The van der Waals surface area contributed by atoms with Crippen molar-refractivity contribution in [2.75, 3.05) is 0 Å². The van der Waals surface area contributed by atoms with Gasteiger partial charge in [-0.25, -0.2) is 0 Å². The van der Waals surface area contributed by atoms with E-state index < -0.39 is 24.4 Å². The second-order valence-corrected chi connectivity index (χ2v) is 2.46. The van der Waals surface area contributed by atoms with Gasteiger partial charge in [-0.2, -0.15) is 0 Å². The van der Waals surface area contributed by atoms with Crippen molar-refractivity contribution in [3.8, 4) is 0 Å². The molecule has 0 aromatic carbocycles. The second kappa shape index (κ2) is 2.84. The molecule has 0 bridgehead atoms. The fraction of sp³-hybridized carbons (Fsp3) is 0.833. The molecule has 10 heavy (non-hydrogen) atoms. The fourth-order valence-corrected chi connectivity index (χ4v) is 0.926. The van der Waals surface area contributed by atoms with Gasteiger partial charge in [0, 0.05) is 0 Å². The Bertz CT molecular complexity index is 114. The Morgan fingerprint density at radius 2 is 2.10 bits per heavy atom. The van der Waals surface area contributed by atoms with Crippen LogP contribution in [0.4, 0.5) is 0 Å². The molecule has 4 atom stereocenters. The Balaban J connectivity index is 2.49. The molecule has 1 rings (SSSR count). The van der Waals surface area contributed by atoms with Crippen LogP contribution in [0.1, 0.15) is 6.92 Å². The summed E-state index contributed by atoms with van der Waals surface area (Å²) in [6.45, 7) is 2.63. The first kappa shape index (κ1) is 7.94. The van der Waals surface area contributed by atoms with Gasteiger partial charge in [0.2, 0.25) is 0 Å². The van der Waals surface area contributed by atoms with E-state index in [9.17, 15) is 0 Å². The first-order valence-electron chi connectivity index (χ1n) is 3.16. The van der Waals surface area contributed by atoms with Crippen LogP contribution in [0.2, 0.25) is 0 Å². The van der Waals surface area contributed by atoms with E-state index in [-0.39, 0.29) is 0 Å². The van der Waals surface area contributed by atoms with Crippen molar-refractivity contribution < 1.29 is 20.1 Å². The second-order valence-electron chi connectivity index (χ2n) is 2.46. The third-order valence-electron chi connectivity index (χ3n) is 1.54. The summed E-state index contributed by atoms with van der Waals surface area (Å²) in [5.41, 5.74) is 0. The minimum Gasteiger partial charge on any atom is -0.391 e. The van der Waals surface area contributed by atoms with Gasteiger partial charge in [-0.3, -0.25) is 0 Å². The first-order chi connectivity index (χ1) is 4.63. The van der Waals surface area contributed by atoms with Gasteiger partial charge in [0.1, 0.15) is 24.9 Å². The molecule has 59 valence electrons. The zero-order valence-electron chi connectivity index (χ0n) is 5.64. The van der Waals surface area contributed by atoms with Crippen LogP contribution in [-0.2, 0) is 4.74 Å². The lowest BCUT2D eigenvalue weighted by atomic mass is 10.1. The average Bonchev–Trinajstić information content (AvgIpc) is 2.14. The molecular formula is C6H11O4. The number of hydrogen-bond donors (Lipinski definition) is 3. The van der Waals surface area contributed by atoms with Crippen molar-refractivity contribution in [2.45, 2.75) is 31.3 Å². The molecule has 1 aliphatic rings. The van der Waals surface area contributed by atoms with Gasteiger partial charge in [0.05, 0.1) is 6.10 Å². The van der Waals surface area contributed by atoms with Crippen LogP contribution in [-0.4, -0.2) is 39.7 Å². The van der Waals surface area contributed by atoms with E-state index in [0.717, 1.165) is 6.61 Å². The molecule has 0 aromatic heterocycles. The Morgan fingerprint density at radius 3 is 2.30 bits per heavy atom. The SMILES string of the molecule is CC(O)[C@H]1O[CH][C@H](O)[C@@H]1O. The lowest BCUT2D eigenvalue weighted by Gasteiger charge is -2.16. The van der Waals surface area contributed by atoms with E-state index in [1.807, 2.05) is 0 Å². The summed E-state index contributed by atoms with van der Waals surface area (Å²) in [5.74, 6) is 0. The molecular weight excluding hydrogens is 136 g/mol. The minimum atomic E-state index is -1.00. The molecule has 1 unspecified atom stereocenters. The third kappa shape index (κ3) is 1.29. The van der Waals surface area contributed by atoms with Gasteiger partial charge in [-0.15, -0.1) is 0 Å². The predicted octanol–water partition coefficient (Wildman–Crippen LogP) is -1.35. The molecule has 4 heteroatoms. The Labute approximate surface area is 59.1 Å². The lowest BCUT2D eigenvalue weighted by Crippen LogP contribution is -2.36. The van der Waals surface area contributed by atoms with Crippen LogP contribution >= 0.6 is 0 Å². The van der Waals surface area contributed by atoms with Gasteiger partial charge in [0.15, 0.2) is 0 Å². The van der Waals surface area contributed by atoms with Gasteiger partial charge < -0.3 is 20.1 Å². The highest BCUT2D eigenvalue weighted by Gasteiger charge is 2.37. The summed E-state index contributed by atoms with van der Waals surface area (Å²) in [5, 5.41) is 26.9. The highest BCUT2D eigenvalue weighted by molar-refractivity contribution is 4.92. The molecule has 4 nitrogen and oxygen atoms in total. The molecule has 1 fully saturated rings. The van der Waals surface area contributed by atoms with Gasteiger partial charge in [-0.05, 0) is 6.92 Å². The van der Waals surface area contributed by atoms with Crippen LogP contribution < -0.4 is 0 Å². The van der Waals surface area contributed by atoms with E-state index in [0.29, 0.717) is 0 Å². The number of rotatable bonds is 1. The summed E-state index contributed by atoms with van der Waals surface area (Å²) in [4.78, 5) is 0. The van der Waals surface area contributed by atoms with Gasteiger partial charge in [-0.1, -0.05) is 0 Å². The van der Waals surface area contributed by atoms with Crippen LogP contribution in [0.25, 0.3) is 0 Å². The number of ether oxygens (including phenoxy) is 1. The van der Waals surface area contributed by atoms with Gasteiger partial charge in [0.25, 0.3) is 0 Å². The zero-order valence-corrected chi connectivity index (χ0v) is 5.64. The molecule has 1 radical (unpaired) electrons. The maximum Gasteiger partial charge on any atom is 0.115 e. The standard InChI is InChI=1S/C6H11O4/c1-3(7)6-5(9)4(8)2-10-6/h2-9H,1H3/t3?,4-,5-,6+/m0/s1. The monoisotopic (exact) mass is 147 g/mol. The highest BCUT2D eigenvalue weighted by atomic mass is 16.5. The average molecular weight is 147 g/mol. The fourth-order valence-electron chi connectivity index (χ4n) is 0.926. The van der Waals surface area contributed by atoms with Crippen molar-refractivity contribution in [2.24, 2.45) is 0 Å². The van der Waals surface area contributed by atoms with E-state index in [1.165, 1.54) is 6.92 Å². The van der Waals surface area contributed by atoms with Crippen LogP contribution in [0.5, 0.6) is 0 Å². The summed E-state index contributed by atoms with van der Waals surface area (Å²) < 4.78 is 4.76. The van der Waals surface area contributed by atoms with Crippen LogP contribution in [0, 0.1) is 6.61 Å². The number of aliphatic hydroxyl groups excluding tert-OH is 3. The van der Waals surface area contributed by atoms with Crippen LogP contribution in [0.15, 0.2) is 0 Å². The Morgan fingerprint density at radius 1 is 1.50 bits per heavy atom. The molecule has 0 amide bonds. The van der Waals surface area contributed by atoms with E-state index in [4.69, 9.17) is 20.1 Å². The smallest absolute Gasteiger partial charge is 0.115 e. The largest absolute Gasteiger partial charge is 0.391 e. The molecule has 0 aromatic rings. The summed E-state index contributed by atoms with van der Waals surface area (Å²) >= 11 is 0. The maximum absolute atomic E-state index is 9.06. The first-order valence-corrected chi connectivity index (χ1v) is 3.16.